The average molecular weight is 279 g/mol. The quantitative estimate of drug-likeness (QED) is 0.799. The third-order valence-electron chi connectivity index (χ3n) is 3.70. The molecule has 1 aromatic heterocycles. The van der Waals surface area contributed by atoms with Crippen molar-refractivity contribution < 1.29 is 0 Å². The fourth-order valence-corrected chi connectivity index (χ4v) is 2.99. The van der Waals surface area contributed by atoms with Gasteiger partial charge in [0.15, 0.2) is 0 Å². The van der Waals surface area contributed by atoms with Gasteiger partial charge in [0.05, 0.1) is 0 Å². The van der Waals surface area contributed by atoms with Gasteiger partial charge in [0.1, 0.15) is 4.60 Å². The summed E-state index contributed by atoms with van der Waals surface area (Å²) in [7, 11) is 0. The van der Waals surface area contributed by atoms with Crippen LogP contribution in [0.1, 0.15) is 24.8 Å². The van der Waals surface area contributed by atoms with Crippen molar-refractivity contribution in [2.24, 2.45) is 5.92 Å². The molecule has 84 valence electrons. The van der Waals surface area contributed by atoms with E-state index in [-0.39, 0.29) is 0 Å². The van der Waals surface area contributed by atoms with Gasteiger partial charge in [-0.1, -0.05) is 12.1 Å². The van der Waals surface area contributed by atoms with Crippen LogP contribution in [0.2, 0.25) is 0 Å². The van der Waals surface area contributed by atoms with Crippen LogP contribution in [0.25, 0.3) is 5.57 Å². The zero-order valence-electron chi connectivity index (χ0n) is 9.12. The van der Waals surface area contributed by atoms with E-state index in [2.05, 4.69) is 38.4 Å². The number of halogens is 1. The number of nitrogens with zero attached hydrogens (tertiary/aromatic N) is 1. The molecule has 2 atom stereocenters. The molecule has 1 aliphatic heterocycles. The van der Waals surface area contributed by atoms with Crippen LogP contribution in [-0.4, -0.2) is 17.6 Å². The van der Waals surface area contributed by atoms with Crippen LogP contribution in [0.5, 0.6) is 0 Å². The van der Waals surface area contributed by atoms with Crippen molar-refractivity contribution in [1.82, 2.24) is 10.3 Å². The summed E-state index contributed by atoms with van der Waals surface area (Å²) in [5, 5.41) is 3.60. The summed E-state index contributed by atoms with van der Waals surface area (Å²) >= 11 is 3.37. The van der Waals surface area contributed by atoms with E-state index in [1.165, 1.54) is 30.5 Å². The van der Waals surface area contributed by atoms with Crippen molar-refractivity contribution in [3.8, 4) is 0 Å². The first kappa shape index (κ1) is 10.5. The molecule has 0 saturated carbocycles. The highest BCUT2D eigenvalue weighted by atomic mass is 79.9. The Morgan fingerprint density at radius 2 is 2.31 bits per heavy atom. The Balaban J connectivity index is 1.83. The number of pyridine rings is 1. The van der Waals surface area contributed by atoms with Crippen molar-refractivity contribution in [3.63, 3.8) is 0 Å². The topological polar surface area (TPSA) is 24.9 Å². The number of rotatable bonds is 1. The molecule has 2 unspecified atom stereocenters. The van der Waals surface area contributed by atoms with Gasteiger partial charge in [0.25, 0.3) is 0 Å². The number of fused-ring (bicyclic) bond motifs is 1. The van der Waals surface area contributed by atoms with Gasteiger partial charge in [-0.25, -0.2) is 4.98 Å². The molecule has 2 aliphatic rings. The van der Waals surface area contributed by atoms with Crippen LogP contribution < -0.4 is 5.32 Å². The number of allylic oxidation sites excluding steroid dienone is 1. The number of hydrogen-bond donors (Lipinski definition) is 1. The van der Waals surface area contributed by atoms with Crippen molar-refractivity contribution >= 4 is 21.5 Å². The van der Waals surface area contributed by atoms with E-state index in [4.69, 9.17) is 0 Å². The average Bonchev–Trinajstić information content (AvgIpc) is 2.77. The maximum atomic E-state index is 4.30. The molecule has 16 heavy (non-hydrogen) atoms. The predicted molar refractivity (Wildman–Crippen MR) is 69.0 cm³/mol. The van der Waals surface area contributed by atoms with Gasteiger partial charge >= 0.3 is 0 Å². The molecule has 1 N–H and O–H groups in total. The van der Waals surface area contributed by atoms with E-state index < -0.39 is 0 Å². The second-order valence-electron chi connectivity index (χ2n) is 4.65. The molecule has 0 aromatic carbocycles. The van der Waals surface area contributed by atoms with Gasteiger partial charge in [-0.05, 0) is 64.9 Å². The second-order valence-corrected chi connectivity index (χ2v) is 5.46. The van der Waals surface area contributed by atoms with Crippen LogP contribution in [-0.2, 0) is 0 Å². The molecule has 2 heterocycles. The lowest BCUT2D eigenvalue weighted by atomic mass is 9.84. The standard InChI is InChI=1S/C13H15BrN2/c14-13-4-3-11(8-16-13)10-2-1-9-5-6-15-12(9)7-10/h2-4,8-9,12,15H,1,5-7H2. The molecule has 0 radical (unpaired) electrons. The Labute approximate surface area is 104 Å². The van der Waals surface area contributed by atoms with Gasteiger partial charge in [-0.2, -0.15) is 0 Å². The van der Waals surface area contributed by atoms with Gasteiger partial charge in [-0.15, -0.1) is 0 Å². The number of nitrogens with one attached hydrogen (secondary N) is 1. The van der Waals surface area contributed by atoms with E-state index in [9.17, 15) is 0 Å². The van der Waals surface area contributed by atoms with Crippen LogP contribution in [0.3, 0.4) is 0 Å². The fourth-order valence-electron chi connectivity index (χ4n) is 2.76. The minimum absolute atomic E-state index is 0.698. The summed E-state index contributed by atoms with van der Waals surface area (Å²) in [6.45, 7) is 1.19. The van der Waals surface area contributed by atoms with E-state index in [1.54, 1.807) is 0 Å². The monoisotopic (exact) mass is 278 g/mol. The lowest BCUT2D eigenvalue weighted by Crippen LogP contribution is -2.29. The van der Waals surface area contributed by atoms with E-state index in [0.29, 0.717) is 6.04 Å². The zero-order valence-corrected chi connectivity index (χ0v) is 10.7. The Kier molecular flexibility index (Phi) is 2.82. The lowest BCUT2D eigenvalue weighted by Gasteiger charge is -2.25. The highest BCUT2D eigenvalue weighted by molar-refractivity contribution is 9.10. The van der Waals surface area contributed by atoms with E-state index in [0.717, 1.165) is 16.9 Å². The summed E-state index contributed by atoms with van der Waals surface area (Å²) < 4.78 is 0.907. The van der Waals surface area contributed by atoms with Gasteiger partial charge in [0, 0.05) is 12.2 Å². The van der Waals surface area contributed by atoms with Gasteiger partial charge < -0.3 is 5.32 Å². The first-order chi connectivity index (χ1) is 7.83. The normalized spacial score (nSPS) is 28.7. The van der Waals surface area contributed by atoms with E-state index >= 15 is 0 Å². The summed E-state index contributed by atoms with van der Waals surface area (Å²) in [5.74, 6) is 0.868. The molecule has 0 bridgehead atoms. The lowest BCUT2D eigenvalue weighted by molar-refractivity contribution is 0.445. The largest absolute Gasteiger partial charge is 0.313 e. The van der Waals surface area contributed by atoms with Gasteiger partial charge in [-0.3, -0.25) is 0 Å². The Hall–Kier alpha value is -0.670. The SMILES string of the molecule is Brc1ccc(C2=CCC3CCNC3C2)cn1. The smallest absolute Gasteiger partial charge is 0.106 e. The zero-order chi connectivity index (χ0) is 11.0. The molecule has 1 aliphatic carbocycles. The molecular formula is C13H15BrN2. The summed E-state index contributed by atoms with van der Waals surface area (Å²) in [5.41, 5.74) is 2.73. The summed E-state index contributed by atoms with van der Waals surface area (Å²) in [6, 6.07) is 4.87. The van der Waals surface area contributed by atoms with Crippen LogP contribution in [0, 0.1) is 5.92 Å². The minimum atomic E-state index is 0.698. The second kappa shape index (κ2) is 4.30. The van der Waals surface area contributed by atoms with Crippen LogP contribution in [0.15, 0.2) is 29.0 Å². The molecule has 0 amide bonds. The highest BCUT2D eigenvalue weighted by Gasteiger charge is 2.29. The third kappa shape index (κ3) is 1.94. The van der Waals surface area contributed by atoms with E-state index in [1.807, 2.05) is 12.3 Å². The first-order valence-corrected chi connectivity index (χ1v) is 6.66. The summed E-state index contributed by atoms with van der Waals surface area (Å²) in [6.07, 6.45) is 8.09. The third-order valence-corrected chi connectivity index (χ3v) is 4.16. The Morgan fingerprint density at radius 1 is 1.38 bits per heavy atom. The minimum Gasteiger partial charge on any atom is -0.313 e. The Bertz CT molecular complexity index is 410. The molecule has 2 nitrogen and oxygen atoms in total. The molecule has 1 saturated heterocycles. The molecule has 1 fully saturated rings. The maximum Gasteiger partial charge on any atom is 0.106 e. The van der Waals surface area contributed by atoms with Gasteiger partial charge in [0.2, 0.25) is 0 Å². The van der Waals surface area contributed by atoms with Crippen molar-refractivity contribution in [2.75, 3.05) is 6.54 Å². The molecule has 0 spiro atoms. The van der Waals surface area contributed by atoms with Crippen molar-refractivity contribution in [1.29, 1.82) is 0 Å². The van der Waals surface area contributed by atoms with Crippen LogP contribution >= 0.6 is 15.9 Å². The highest BCUT2D eigenvalue weighted by Crippen LogP contribution is 2.34. The van der Waals surface area contributed by atoms with Crippen molar-refractivity contribution in [3.05, 3.63) is 34.6 Å². The number of aromatic nitrogens is 1. The maximum absolute atomic E-state index is 4.30. The first-order valence-electron chi connectivity index (χ1n) is 5.87. The van der Waals surface area contributed by atoms with Crippen molar-refractivity contribution in [2.45, 2.75) is 25.3 Å². The van der Waals surface area contributed by atoms with Crippen LogP contribution in [0.4, 0.5) is 0 Å². The summed E-state index contributed by atoms with van der Waals surface area (Å²) in [4.78, 5) is 4.30. The molecular weight excluding hydrogens is 264 g/mol. The molecule has 3 heteroatoms. The Morgan fingerprint density at radius 3 is 3.12 bits per heavy atom. The molecule has 1 aromatic rings. The molecule has 3 rings (SSSR count). The predicted octanol–water partition coefficient (Wildman–Crippen LogP) is 3.00. The fraction of sp³-hybridized carbons (Fsp3) is 0.462. The number of hydrogen-bond acceptors (Lipinski definition) is 2.